The first-order valence-electron chi connectivity index (χ1n) is 7.76. The van der Waals surface area contributed by atoms with Gasteiger partial charge >= 0.3 is 0 Å². The van der Waals surface area contributed by atoms with Crippen LogP contribution in [0.1, 0.15) is 11.1 Å². The Morgan fingerprint density at radius 1 is 1.04 bits per heavy atom. The Bertz CT molecular complexity index is 882. The molecule has 0 fully saturated rings. The minimum Gasteiger partial charge on any atom is -0.493 e. The predicted octanol–water partition coefficient (Wildman–Crippen LogP) is 4.40. The third kappa shape index (κ3) is 5.33. The Kier molecular flexibility index (Phi) is 7.87. The van der Waals surface area contributed by atoms with E-state index in [-0.39, 0.29) is 5.91 Å². The molecule has 1 N–H and O–H groups in total. The smallest absolute Gasteiger partial charge is 0.264 e. The van der Waals surface area contributed by atoms with Gasteiger partial charge < -0.3 is 14.2 Å². The molecule has 0 atom stereocenters. The van der Waals surface area contributed by atoms with Gasteiger partial charge in [-0.1, -0.05) is 34.1 Å². The van der Waals surface area contributed by atoms with Crippen molar-refractivity contribution < 1.29 is 19.0 Å². The highest BCUT2D eigenvalue weighted by atomic mass is 79.9. The first-order valence-corrected chi connectivity index (χ1v) is 9.34. The number of rotatable bonds is 7. The van der Waals surface area contributed by atoms with Gasteiger partial charge in [0.15, 0.2) is 11.5 Å². The Morgan fingerprint density at radius 3 is 2.37 bits per heavy atom. The molecule has 27 heavy (non-hydrogen) atoms. The summed E-state index contributed by atoms with van der Waals surface area (Å²) in [5.41, 5.74) is 3.99. The lowest BCUT2D eigenvalue weighted by atomic mass is 10.1. The van der Waals surface area contributed by atoms with Crippen LogP contribution < -0.4 is 19.6 Å². The lowest BCUT2D eigenvalue weighted by molar-refractivity contribution is -0.116. The van der Waals surface area contributed by atoms with E-state index in [0.717, 1.165) is 10.0 Å². The van der Waals surface area contributed by atoms with Gasteiger partial charge in [-0.05, 0) is 39.7 Å². The van der Waals surface area contributed by atoms with Crippen molar-refractivity contribution in [3.8, 4) is 17.2 Å². The van der Waals surface area contributed by atoms with Crippen LogP contribution in [0, 0.1) is 0 Å². The second-order valence-electron chi connectivity index (χ2n) is 5.14. The van der Waals surface area contributed by atoms with Crippen LogP contribution in [-0.2, 0) is 4.79 Å². The van der Waals surface area contributed by atoms with Crippen LogP contribution in [0.15, 0.2) is 50.5 Å². The molecule has 6 nitrogen and oxygen atoms in total. The van der Waals surface area contributed by atoms with Crippen LogP contribution in [0.4, 0.5) is 0 Å². The number of benzene rings is 2. The van der Waals surface area contributed by atoms with Crippen molar-refractivity contribution in [3.05, 3.63) is 56.5 Å². The van der Waals surface area contributed by atoms with E-state index in [0.29, 0.717) is 27.3 Å². The molecule has 0 aliphatic rings. The largest absolute Gasteiger partial charge is 0.493 e. The molecular weight excluding hydrogens is 480 g/mol. The number of ether oxygens (including phenoxy) is 3. The Labute approximate surface area is 174 Å². The van der Waals surface area contributed by atoms with Crippen LogP contribution in [0.2, 0.25) is 0 Å². The number of nitrogens with one attached hydrogen (secondary N) is 1. The van der Waals surface area contributed by atoms with Gasteiger partial charge in [-0.25, -0.2) is 5.43 Å². The van der Waals surface area contributed by atoms with Gasteiger partial charge in [0.05, 0.1) is 32.0 Å². The zero-order valence-electron chi connectivity index (χ0n) is 15.0. The van der Waals surface area contributed by atoms with Gasteiger partial charge in [0, 0.05) is 16.1 Å². The molecule has 0 aliphatic carbocycles. The van der Waals surface area contributed by atoms with Crippen molar-refractivity contribution in [1.82, 2.24) is 5.43 Å². The molecule has 0 saturated heterocycles. The summed E-state index contributed by atoms with van der Waals surface area (Å²) < 4.78 is 17.5. The third-order valence-electron chi connectivity index (χ3n) is 3.50. The van der Waals surface area contributed by atoms with E-state index in [1.807, 2.05) is 24.3 Å². The van der Waals surface area contributed by atoms with Crippen LogP contribution in [0.25, 0.3) is 6.08 Å². The number of carbonyl (C=O) groups is 1. The summed E-state index contributed by atoms with van der Waals surface area (Å²) in [4.78, 5) is 12.0. The summed E-state index contributed by atoms with van der Waals surface area (Å²) in [5, 5.41) is 3.95. The van der Waals surface area contributed by atoms with Crippen molar-refractivity contribution in [1.29, 1.82) is 0 Å². The van der Waals surface area contributed by atoms with E-state index in [1.165, 1.54) is 27.4 Å². The van der Waals surface area contributed by atoms with E-state index >= 15 is 0 Å². The van der Waals surface area contributed by atoms with Gasteiger partial charge in [0.1, 0.15) is 0 Å². The van der Waals surface area contributed by atoms with Crippen molar-refractivity contribution in [2.24, 2.45) is 5.10 Å². The molecule has 2 aromatic carbocycles. The van der Waals surface area contributed by atoms with Gasteiger partial charge in [0.25, 0.3) is 5.91 Å². The van der Waals surface area contributed by atoms with Crippen LogP contribution in [0.3, 0.4) is 0 Å². The molecular formula is C19H18Br2N2O4. The molecule has 0 aromatic heterocycles. The fraction of sp³-hybridized carbons (Fsp3) is 0.158. The molecule has 8 heteroatoms. The van der Waals surface area contributed by atoms with Crippen molar-refractivity contribution in [2.75, 3.05) is 21.3 Å². The highest BCUT2D eigenvalue weighted by Gasteiger charge is 2.17. The van der Waals surface area contributed by atoms with E-state index in [4.69, 9.17) is 14.2 Å². The molecule has 0 bridgehead atoms. The maximum absolute atomic E-state index is 12.0. The maximum Gasteiger partial charge on any atom is 0.264 e. The lowest BCUT2D eigenvalue weighted by Crippen LogP contribution is -2.14. The summed E-state index contributed by atoms with van der Waals surface area (Å²) >= 11 is 6.87. The molecule has 0 unspecified atom stereocenters. The summed E-state index contributed by atoms with van der Waals surface area (Å²) in [7, 11) is 4.58. The molecule has 0 radical (unpaired) electrons. The molecule has 0 aliphatic heterocycles. The van der Waals surface area contributed by atoms with Gasteiger partial charge in [0.2, 0.25) is 5.75 Å². The molecule has 0 spiro atoms. The van der Waals surface area contributed by atoms with E-state index in [9.17, 15) is 4.79 Å². The SMILES string of the molecule is COc1cc(/C=C/C(=O)N/N=C/c2ccccc2Br)c(Br)c(OC)c1OC. The number of hydrogen-bond acceptors (Lipinski definition) is 5. The van der Waals surface area contributed by atoms with Gasteiger partial charge in [-0.15, -0.1) is 0 Å². The number of nitrogens with zero attached hydrogens (tertiary/aromatic N) is 1. The minimum absolute atomic E-state index is 0.376. The third-order valence-corrected chi connectivity index (χ3v) is 5.04. The average Bonchev–Trinajstić information content (AvgIpc) is 2.68. The second-order valence-corrected chi connectivity index (χ2v) is 6.78. The molecule has 2 rings (SSSR count). The number of halogens is 2. The number of amides is 1. The van der Waals surface area contributed by atoms with E-state index < -0.39 is 0 Å². The standard InChI is InChI=1S/C19H18Br2N2O4/c1-25-15-10-12(17(21)19(27-3)18(15)26-2)8-9-16(24)23-22-11-13-6-4-5-7-14(13)20/h4-11H,1-3H3,(H,23,24)/b9-8+,22-11+. The number of hydrogen-bond donors (Lipinski definition) is 1. The normalized spacial score (nSPS) is 11.0. The summed E-state index contributed by atoms with van der Waals surface area (Å²) in [6.45, 7) is 0. The fourth-order valence-corrected chi connectivity index (χ4v) is 3.18. The van der Waals surface area contributed by atoms with Gasteiger partial charge in [-0.3, -0.25) is 4.79 Å². The summed E-state index contributed by atoms with van der Waals surface area (Å²) in [6, 6.07) is 9.29. The number of hydrazone groups is 1. The Morgan fingerprint density at radius 2 is 1.74 bits per heavy atom. The zero-order chi connectivity index (χ0) is 19.8. The first kappa shape index (κ1) is 21.0. The molecule has 1 amide bonds. The highest BCUT2D eigenvalue weighted by molar-refractivity contribution is 9.11. The van der Waals surface area contributed by atoms with Crippen LogP contribution in [-0.4, -0.2) is 33.5 Å². The number of carbonyl (C=O) groups excluding carboxylic acids is 1. The average molecular weight is 498 g/mol. The highest BCUT2D eigenvalue weighted by Crippen LogP contribution is 2.45. The van der Waals surface area contributed by atoms with E-state index in [1.54, 1.807) is 18.4 Å². The van der Waals surface area contributed by atoms with Crippen molar-refractivity contribution in [2.45, 2.75) is 0 Å². The minimum atomic E-state index is -0.376. The Balaban J connectivity index is 2.15. The fourth-order valence-electron chi connectivity index (χ4n) is 2.21. The monoisotopic (exact) mass is 496 g/mol. The van der Waals surface area contributed by atoms with Gasteiger partial charge in [-0.2, -0.15) is 5.10 Å². The van der Waals surface area contributed by atoms with Crippen molar-refractivity contribution >= 4 is 50.1 Å². The second kappa shape index (κ2) is 10.1. The number of methoxy groups -OCH3 is 3. The van der Waals surface area contributed by atoms with Crippen LogP contribution >= 0.6 is 31.9 Å². The van der Waals surface area contributed by atoms with E-state index in [2.05, 4.69) is 42.4 Å². The summed E-state index contributed by atoms with van der Waals surface area (Å²) in [6.07, 6.45) is 4.55. The topological polar surface area (TPSA) is 69.2 Å². The molecule has 0 heterocycles. The maximum atomic E-state index is 12.0. The summed E-state index contributed by atoms with van der Waals surface area (Å²) in [5.74, 6) is 1.05. The zero-order valence-corrected chi connectivity index (χ0v) is 18.1. The quantitative estimate of drug-likeness (QED) is 0.349. The van der Waals surface area contributed by atoms with Crippen molar-refractivity contribution in [3.63, 3.8) is 0 Å². The molecule has 142 valence electrons. The molecule has 0 saturated carbocycles. The predicted molar refractivity (Wildman–Crippen MR) is 113 cm³/mol. The molecule has 2 aromatic rings. The first-order chi connectivity index (χ1) is 13.0. The Hall–Kier alpha value is -2.32. The van der Waals surface area contributed by atoms with Crippen LogP contribution in [0.5, 0.6) is 17.2 Å². The lowest BCUT2D eigenvalue weighted by Gasteiger charge is -2.15.